The summed E-state index contributed by atoms with van der Waals surface area (Å²) in [5.74, 6) is -0.788. The van der Waals surface area contributed by atoms with Crippen molar-refractivity contribution in [3.05, 3.63) is 29.8 Å². The highest BCUT2D eigenvalue weighted by atomic mass is 16.4. The highest BCUT2D eigenvalue weighted by Crippen LogP contribution is 2.22. The molecule has 0 amide bonds. The molecular formula is C17H24N2O2. The lowest BCUT2D eigenvalue weighted by atomic mass is 9.90. The van der Waals surface area contributed by atoms with Crippen LogP contribution in [0.3, 0.4) is 0 Å². The van der Waals surface area contributed by atoms with Crippen LogP contribution in [0.25, 0.3) is 0 Å². The number of anilines is 1. The van der Waals surface area contributed by atoms with E-state index in [1.54, 1.807) is 0 Å². The smallest absolute Gasteiger partial charge is 0.305 e. The van der Waals surface area contributed by atoms with E-state index in [-0.39, 0.29) is 11.8 Å². The van der Waals surface area contributed by atoms with Crippen LogP contribution in [0.5, 0.6) is 0 Å². The predicted octanol–water partition coefficient (Wildman–Crippen LogP) is 3.61. The molecule has 0 saturated carbocycles. The molecule has 21 heavy (non-hydrogen) atoms. The maximum absolute atomic E-state index is 10.8. The van der Waals surface area contributed by atoms with Crippen molar-refractivity contribution < 1.29 is 9.90 Å². The zero-order valence-electron chi connectivity index (χ0n) is 13.1. The van der Waals surface area contributed by atoms with Gasteiger partial charge < -0.3 is 10.0 Å². The number of benzene rings is 1. The molecule has 0 atom stereocenters. The van der Waals surface area contributed by atoms with E-state index in [0.717, 1.165) is 25.1 Å². The number of carboxylic acids is 1. The van der Waals surface area contributed by atoms with Gasteiger partial charge in [-0.05, 0) is 45.7 Å². The molecule has 0 fully saturated rings. The number of hydrogen-bond acceptors (Lipinski definition) is 3. The van der Waals surface area contributed by atoms with Gasteiger partial charge in [-0.15, -0.1) is 0 Å². The second-order valence-corrected chi connectivity index (χ2v) is 6.07. The van der Waals surface area contributed by atoms with E-state index in [2.05, 4.69) is 11.0 Å². The molecule has 1 aromatic carbocycles. The Balaban J connectivity index is 2.67. The molecule has 0 aromatic heterocycles. The summed E-state index contributed by atoms with van der Waals surface area (Å²) in [4.78, 5) is 12.9. The van der Waals surface area contributed by atoms with Gasteiger partial charge in [0.2, 0.25) is 0 Å². The molecule has 4 nitrogen and oxygen atoms in total. The van der Waals surface area contributed by atoms with Crippen LogP contribution in [-0.2, 0) is 4.79 Å². The zero-order valence-corrected chi connectivity index (χ0v) is 13.1. The van der Waals surface area contributed by atoms with Crippen molar-refractivity contribution in [2.45, 2.75) is 40.0 Å². The van der Waals surface area contributed by atoms with Crippen LogP contribution in [-0.4, -0.2) is 24.2 Å². The molecule has 1 N–H and O–H groups in total. The van der Waals surface area contributed by atoms with E-state index >= 15 is 0 Å². The maximum Gasteiger partial charge on any atom is 0.305 e. The number of hydrogen-bond donors (Lipinski definition) is 1. The van der Waals surface area contributed by atoms with Crippen LogP contribution >= 0.6 is 0 Å². The van der Waals surface area contributed by atoms with Crippen molar-refractivity contribution in [2.75, 3.05) is 18.0 Å². The summed E-state index contributed by atoms with van der Waals surface area (Å²) >= 11 is 0. The number of aryl methyl sites for hydroxylation is 1. The van der Waals surface area contributed by atoms with E-state index in [4.69, 9.17) is 10.4 Å². The first-order valence-electron chi connectivity index (χ1n) is 7.29. The number of aliphatic carboxylic acids is 1. The summed E-state index contributed by atoms with van der Waals surface area (Å²) in [5, 5.41) is 17.9. The van der Waals surface area contributed by atoms with Crippen molar-refractivity contribution in [3.8, 4) is 6.07 Å². The molecule has 0 aliphatic carbocycles. The van der Waals surface area contributed by atoms with Crippen molar-refractivity contribution in [1.29, 1.82) is 5.26 Å². The monoisotopic (exact) mass is 288 g/mol. The molecule has 0 aliphatic heterocycles. The third-order valence-electron chi connectivity index (χ3n) is 3.53. The van der Waals surface area contributed by atoms with Crippen molar-refractivity contribution in [1.82, 2.24) is 0 Å². The molecule has 0 bridgehead atoms. The average Bonchev–Trinajstić information content (AvgIpc) is 2.43. The molecule has 0 unspecified atom stereocenters. The Labute approximate surface area is 127 Å². The van der Waals surface area contributed by atoms with Crippen LogP contribution in [0.1, 0.15) is 38.7 Å². The molecular weight excluding hydrogens is 264 g/mol. The second kappa shape index (κ2) is 7.68. The summed E-state index contributed by atoms with van der Waals surface area (Å²) < 4.78 is 0. The van der Waals surface area contributed by atoms with Crippen molar-refractivity contribution in [3.63, 3.8) is 0 Å². The Hall–Kier alpha value is -2.02. The topological polar surface area (TPSA) is 64.3 Å². The van der Waals surface area contributed by atoms with Crippen molar-refractivity contribution in [2.24, 2.45) is 5.41 Å². The van der Waals surface area contributed by atoms with Crippen molar-refractivity contribution >= 4 is 11.7 Å². The summed E-state index contributed by atoms with van der Waals surface area (Å²) in [6, 6.07) is 10.4. The average molecular weight is 288 g/mol. The van der Waals surface area contributed by atoms with Gasteiger partial charge in [-0.1, -0.05) is 17.7 Å². The fourth-order valence-corrected chi connectivity index (χ4v) is 2.12. The van der Waals surface area contributed by atoms with E-state index in [1.165, 1.54) is 5.56 Å². The molecule has 1 rings (SSSR count). The number of carbonyl (C=O) groups is 1. The molecule has 4 heteroatoms. The predicted molar refractivity (Wildman–Crippen MR) is 84.3 cm³/mol. The Kier molecular flexibility index (Phi) is 6.23. The van der Waals surface area contributed by atoms with Gasteiger partial charge in [-0.3, -0.25) is 4.79 Å². The van der Waals surface area contributed by atoms with E-state index in [9.17, 15) is 4.79 Å². The zero-order chi connectivity index (χ0) is 15.9. The lowest BCUT2D eigenvalue weighted by Crippen LogP contribution is -2.28. The first-order valence-corrected chi connectivity index (χ1v) is 7.29. The van der Waals surface area contributed by atoms with Crippen LogP contribution < -0.4 is 4.90 Å². The lowest BCUT2D eigenvalue weighted by Gasteiger charge is -2.26. The first-order chi connectivity index (χ1) is 9.84. The maximum atomic E-state index is 10.8. The Morgan fingerprint density at radius 1 is 1.29 bits per heavy atom. The number of carboxylic acid groups (broad SMARTS) is 1. The van der Waals surface area contributed by atoms with Gasteiger partial charge in [-0.2, -0.15) is 5.26 Å². The largest absolute Gasteiger partial charge is 0.481 e. The van der Waals surface area contributed by atoms with Crippen LogP contribution in [0.2, 0.25) is 0 Å². The minimum Gasteiger partial charge on any atom is -0.481 e. The van der Waals surface area contributed by atoms with Crippen LogP contribution in [0.4, 0.5) is 5.69 Å². The van der Waals surface area contributed by atoms with Crippen LogP contribution in [0, 0.1) is 23.7 Å². The van der Waals surface area contributed by atoms with Crippen LogP contribution in [0.15, 0.2) is 24.3 Å². The molecule has 0 aliphatic rings. The van der Waals surface area contributed by atoms with Gasteiger partial charge in [-0.25, -0.2) is 0 Å². The first kappa shape index (κ1) is 17.0. The molecule has 0 radical (unpaired) electrons. The van der Waals surface area contributed by atoms with Gasteiger partial charge in [0.15, 0.2) is 0 Å². The van der Waals surface area contributed by atoms with Gasteiger partial charge in [0.25, 0.3) is 0 Å². The SMILES string of the molecule is Cc1ccc(N(CCCC(C)(C)C#N)CCC(=O)O)cc1. The minimum atomic E-state index is -0.788. The highest BCUT2D eigenvalue weighted by Gasteiger charge is 2.17. The summed E-state index contributed by atoms with van der Waals surface area (Å²) in [6.07, 6.45) is 1.79. The minimum absolute atomic E-state index is 0.121. The highest BCUT2D eigenvalue weighted by molar-refractivity contribution is 5.67. The third kappa shape index (κ3) is 6.31. The quantitative estimate of drug-likeness (QED) is 0.793. The van der Waals surface area contributed by atoms with Gasteiger partial charge >= 0.3 is 5.97 Å². The van der Waals surface area contributed by atoms with Gasteiger partial charge in [0.05, 0.1) is 17.9 Å². The van der Waals surface area contributed by atoms with E-state index in [0.29, 0.717) is 6.54 Å². The third-order valence-corrected chi connectivity index (χ3v) is 3.53. The second-order valence-electron chi connectivity index (χ2n) is 6.07. The summed E-state index contributed by atoms with van der Waals surface area (Å²) in [5.41, 5.74) is 1.89. The number of nitriles is 1. The summed E-state index contributed by atoms with van der Waals surface area (Å²) in [6.45, 7) is 7.15. The van der Waals surface area contributed by atoms with E-state index < -0.39 is 5.97 Å². The van der Waals surface area contributed by atoms with Gasteiger partial charge in [0, 0.05) is 18.8 Å². The standard InChI is InChI=1S/C17H24N2O2/c1-14-5-7-15(8-6-14)19(12-9-16(20)21)11-4-10-17(2,3)13-18/h5-8H,4,9-12H2,1-3H3,(H,20,21). The Bertz CT molecular complexity index is 501. The molecule has 114 valence electrons. The van der Waals surface area contributed by atoms with E-state index in [1.807, 2.05) is 45.0 Å². The molecule has 0 saturated heterocycles. The van der Waals surface area contributed by atoms with Gasteiger partial charge in [0.1, 0.15) is 0 Å². The molecule has 1 aromatic rings. The Morgan fingerprint density at radius 2 is 1.90 bits per heavy atom. The molecule has 0 heterocycles. The number of nitrogens with zero attached hydrogens (tertiary/aromatic N) is 2. The lowest BCUT2D eigenvalue weighted by molar-refractivity contribution is -0.136. The normalized spacial score (nSPS) is 11.0. The fourth-order valence-electron chi connectivity index (χ4n) is 2.12. The number of rotatable bonds is 8. The summed E-state index contributed by atoms with van der Waals surface area (Å²) in [7, 11) is 0. The molecule has 0 spiro atoms. The Morgan fingerprint density at radius 3 is 2.43 bits per heavy atom. The fraction of sp³-hybridized carbons (Fsp3) is 0.529.